The van der Waals surface area contributed by atoms with Gasteiger partial charge in [-0.05, 0) is 37.3 Å². The molecule has 2 aliphatic rings. The second-order valence-electron chi connectivity index (χ2n) is 7.64. The summed E-state index contributed by atoms with van der Waals surface area (Å²) >= 11 is 0. The van der Waals surface area contributed by atoms with Gasteiger partial charge >= 0.3 is 6.03 Å². The summed E-state index contributed by atoms with van der Waals surface area (Å²) in [5.41, 5.74) is 0.227. The first-order valence-corrected chi connectivity index (χ1v) is 9.75. The van der Waals surface area contributed by atoms with E-state index in [1.54, 1.807) is 18.2 Å². The second-order valence-corrected chi connectivity index (χ2v) is 7.64. The van der Waals surface area contributed by atoms with Crippen molar-refractivity contribution >= 4 is 17.6 Å². The molecule has 5 rings (SSSR count). The van der Waals surface area contributed by atoms with Crippen LogP contribution in [0.5, 0.6) is 5.75 Å². The number of carbonyl (C=O) groups excluding carboxylic acids is 2. The highest BCUT2D eigenvalue weighted by molar-refractivity contribution is 6.10. The molecule has 0 spiro atoms. The summed E-state index contributed by atoms with van der Waals surface area (Å²) in [6.45, 7) is 1.84. The van der Waals surface area contributed by atoms with Gasteiger partial charge in [0.25, 0.3) is 5.91 Å². The van der Waals surface area contributed by atoms with Crippen molar-refractivity contribution in [3.8, 4) is 5.75 Å². The fourth-order valence-electron chi connectivity index (χ4n) is 4.36. The molecule has 2 bridgehead atoms. The highest BCUT2D eigenvalue weighted by atomic mass is 19.1. The minimum atomic E-state index is -0.983. The van der Waals surface area contributed by atoms with Crippen LogP contribution in [0, 0.1) is 5.82 Å². The zero-order valence-electron chi connectivity index (χ0n) is 16.3. The molecule has 0 unspecified atom stereocenters. The van der Waals surface area contributed by atoms with Crippen molar-refractivity contribution in [2.45, 2.75) is 25.1 Å². The molecule has 0 N–H and O–H groups in total. The number of rotatable bonds is 2. The molecule has 2 atom stereocenters. The summed E-state index contributed by atoms with van der Waals surface area (Å²) in [7, 11) is 0. The monoisotopic (exact) mass is 402 g/mol. The number of urea groups is 1. The number of carbonyl (C=O) groups is 2. The van der Waals surface area contributed by atoms with Gasteiger partial charge in [0.05, 0.1) is 11.6 Å². The molecule has 2 aliphatic heterocycles. The summed E-state index contributed by atoms with van der Waals surface area (Å²) in [5.74, 6) is -0.714. The number of hydrogen-bond acceptors (Lipinski definition) is 3. The first kappa shape index (κ1) is 18.4. The van der Waals surface area contributed by atoms with Crippen LogP contribution < -0.4 is 9.64 Å². The SMILES string of the molecule is C[C@@]12C[C@@H](c3ccccc3O1)N(C(=O)c1ccccc1F)C(=O)N2c1ccccc1. The van der Waals surface area contributed by atoms with Crippen LogP contribution in [0.3, 0.4) is 0 Å². The average molecular weight is 402 g/mol. The maximum absolute atomic E-state index is 14.4. The van der Waals surface area contributed by atoms with Crippen molar-refractivity contribution in [1.82, 2.24) is 4.90 Å². The van der Waals surface area contributed by atoms with Crippen LogP contribution >= 0.6 is 0 Å². The maximum atomic E-state index is 14.4. The Kier molecular flexibility index (Phi) is 4.10. The molecule has 0 saturated carbocycles. The molecule has 5 nitrogen and oxygen atoms in total. The summed E-state index contributed by atoms with van der Waals surface area (Å²) in [5, 5.41) is 0. The van der Waals surface area contributed by atoms with Gasteiger partial charge in [-0.2, -0.15) is 0 Å². The molecular formula is C24H19FN2O3. The molecule has 3 amide bonds. The lowest BCUT2D eigenvalue weighted by Gasteiger charge is -2.53. The van der Waals surface area contributed by atoms with Crippen molar-refractivity contribution in [3.05, 3.63) is 95.8 Å². The van der Waals surface area contributed by atoms with E-state index in [1.807, 2.05) is 49.4 Å². The predicted octanol–water partition coefficient (Wildman–Crippen LogP) is 5.15. The van der Waals surface area contributed by atoms with E-state index >= 15 is 0 Å². The molecule has 0 aliphatic carbocycles. The lowest BCUT2D eigenvalue weighted by atomic mass is 9.88. The van der Waals surface area contributed by atoms with E-state index in [4.69, 9.17) is 4.74 Å². The fraction of sp³-hybridized carbons (Fsp3) is 0.167. The van der Waals surface area contributed by atoms with Crippen molar-refractivity contribution in [2.24, 2.45) is 0 Å². The Morgan fingerprint density at radius 1 is 1.00 bits per heavy atom. The van der Waals surface area contributed by atoms with E-state index in [-0.39, 0.29) is 5.56 Å². The van der Waals surface area contributed by atoms with Gasteiger partial charge in [0.15, 0.2) is 5.72 Å². The number of amides is 3. The Labute approximate surface area is 173 Å². The van der Waals surface area contributed by atoms with Gasteiger partial charge in [0.2, 0.25) is 0 Å². The van der Waals surface area contributed by atoms with Gasteiger partial charge in [0, 0.05) is 17.7 Å². The zero-order valence-corrected chi connectivity index (χ0v) is 16.3. The number of hydrogen-bond donors (Lipinski definition) is 0. The number of ether oxygens (including phenoxy) is 1. The lowest BCUT2D eigenvalue weighted by molar-refractivity contribution is 0.00256. The van der Waals surface area contributed by atoms with Crippen molar-refractivity contribution in [2.75, 3.05) is 4.90 Å². The average Bonchev–Trinajstić information content (AvgIpc) is 2.74. The minimum absolute atomic E-state index is 0.133. The molecule has 1 saturated heterocycles. The number of fused-ring (bicyclic) bond motifs is 4. The molecule has 3 aromatic carbocycles. The molecule has 0 radical (unpaired) electrons. The van der Waals surface area contributed by atoms with Crippen LogP contribution in [-0.2, 0) is 0 Å². The predicted molar refractivity (Wildman–Crippen MR) is 110 cm³/mol. The van der Waals surface area contributed by atoms with Gasteiger partial charge in [-0.3, -0.25) is 14.6 Å². The number of imide groups is 1. The van der Waals surface area contributed by atoms with E-state index in [0.717, 1.165) is 10.5 Å². The van der Waals surface area contributed by atoms with E-state index in [9.17, 15) is 14.0 Å². The summed E-state index contributed by atoms with van der Waals surface area (Å²) in [6.07, 6.45) is 0.366. The third kappa shape index (κ3) is 2.68. The van der Waals surface area contributed by atoms with Gasteiger partial charge < -0.3 is 4.74 Å². The van der Waals surface area contributed by atoms with Crippen LogP contribution in [0.15, 0.2) is 78.9 Å². The summed E-state index contributed by atoms with van der Waals surface area (Å²) in [4.78, 5) is 29.8. The van der Waals surface area contributed by atoms with Crippen LogP contribution in [0.4, 0.5) is 14.9 Å². The van der Waals surface area contributed by atoms with E-state index in [1.165, 1.54) is 23.1 Å². The molecule has 1 fully saturated rings. The number of benzene rings is 3. The quantitative estimate of drug-likeness (QED) is 0.596. The van der Waals surface area contributed by atoms with Crippen molar-refractivity contribution in [1.29, 1.82) is 0 Å². The second kappa shape index (κ2) is 6.69. The van der Waals surface area contributed by atoms with Gasteiger partial charge in [-0.1, -0.05) is 48.5 Å². The fourth-order valence-corrected chi connectivity index (χ4v) is 4.36. The Morgan fingerprint density at radius 2 is 1.67 bits per heavy atom. The molecule has 0 aromatic heterocycles. The summed E-state index contributed by atoms with van der Waals surface area (Å²) < 4.78 is 20.7. The molecule has 30 heavy (non-hydrogen) atoms. The number of nitrogens with zero attached hydrogens (tertiary/aromatic N) is 2. The standard InChI is InChI=1S/C24H19FN2O3/c1-24-15-20(18-12-6-8-14-21(18)30-24)26(22(28)17-11-5-7-13-19(17)25)23(29)27(24)16-9-3-2-4-10-16/h2-14,20H,15H2,1H3/t20-,24-/m0/s1. The summed E-state index contributed by atoms with van der Waals surface area (Å²) in [6, 6.07) is 21.0. The number of anilines is 1. The van der Waals surface area contributed by atoms with Crippen LogP contribution in [-0.4, -0.2) is 22.6 Å². The first-order valence-electron chi connectivity index (χ1n) is 9.75. The largest absolute Gasteiger partial charge is 0.467 e. The van der Waals surface area contributed by atoms with Crippen molar-refractivity contribution < 1.29 is 18.7 Å². The number of para-hydroxylation sites is 2. The minimum Gasteiger partial charge on any atom is -0.467 e. The Bertz CT molecular complexity index is 1150. The molecule has 2 heterocycles. The van der Waals surface area contributed by atoms with E-state index in [2.05, 4.69) is 0 Å². The van der Waals surface area contributed by atoms with Crippen molar-refractivity contribution in [3.63, 3.8) is 0 Å². The Morgan fingerprint density at radius 3 is 2.43 bits per heavy atom. The maximum Gasteiger partial charge on any atom is 0.335 e. The van der Waals surface area contributed by atoms with Crippen LogP contribution in [0.2, 0.25) is 0 Å². The third-order valence-electron chi connectivity index (χ3n) is 5.70. The zero-order chi connectivity index (χ0) is 20.9. The van der Waals surface area contributed by atoms with Gasteiger partial charge in [-0.15, -0.1) is 0 Å². The highest BCUT2D eigenvalue weighted by Crippen LogP contribution is 2.49. The number of halogens is 1. The Balaban J connectivity index is 1.69. The van der Waals surface area contributed by atoms with E-state index in [0.29, 0.717) is 17.9 Å². The van der Waals surface area contributed by atoms with Gasteiger partial charge in [0.1, 0.15) is 11.6 Å². The molecule has 150 valence electrons. The topological polar surface area (TPSA) is 49.9 Å². The van der Waals surface area contributed by atoms with Crippen LogP contribution in [0.1, 0.15) is 35.3 Å². The van der Waals surface area contributed by atoms with E-state index < -0.39 is 29.5 Å². The molecule has 6 heteroatoms. The van der Waals surface area contributed by atoms with Crippen LogP contribution in [0.25, 0.3) is 0 Å². The smallest absolute Gasteiger partial charge is 0.335 e. The normalized spacial score (nSPS) is 22.3. The molecular weight excluding hydrogens is 383 g/mol. The lowest BCUT2D eigenvalue weighted by Crippen LogP contribution is -2.67. The van der Waals surface area contributed by atoms with Gasteiger partial charge in [-0.25, -0.2) is 9.18 Å². The third-order valence-corrected chi connectivity index (χ3v) is 5.70. The highest BCUT2D eigenvalue weighted by Gasteiger charge is 2.55. The first-order chi connectivity index (χ1) is 14.5. The molecule has 3 aromatic rings. The Hall–Kier alpha value is -3.67.